The number of carbonyl (C=O) groups is 1. The molecule has 2 amide bonds. The molecule has 5 nitrogen and oxygen atoms in total. The number of benzene rings is 1. The lowest BCUT2D eigenvalue weighted by molar-refractivity contribution is 0.197. The van der Waals surface area contributed by atoms with Crippen LogP contribution in [-0.2, 0) is 6.54 Å². The van der Waals surface area contributed by atoms with Crippen LogP contribution in [0.15, 0.2) is 30.3 Å². The summed E-state index contributed by atoms with van der Waals surface area (Å²) in [5.74, 6) is 1.54. The van der Waals surface area contributed by atoms with Gasteiger partial charge in [0.1, 0.15) is 0 Å². The van der Waals surface area contributed by atoms with Gasteiger partial charge < -0.3 is 10.2 Å². The molecule has 138 valence electrons. The normalized spacial score (nSPS) is 24.0. The first-order valence-electron chi connectivity index (χ1n) is 9.64. The maximum absolute atomic E-state index is 12.6. The van der Waals surface area contributed by atoms with Crippen molar-refractivity contribution >= 4 is 6.03 Å². The van der Waals surface area contributed by atoms with Crippen LogP contribution in [-0.4, -0.2) is 33.8 Å². The minimum atomic E-state index is 0.0408. The van der Waals surface area contributed by atoms with E-state index in [1.165, 1.54) is 19.3 Å². The fraction of sp³-hybridized carbons (Fsp3) is 0.524. The first-order chi connectivity index (χ1) is 12.5. The van der Waals surface area contributed by atoms with Crippen LogP contribution in [0.2, 0.25) is 0 Å². The molecule has 1 aromatic carbocycles. The summed E-state index contributed by atoms with van der Waals surface area (Å²) in [6, 6.07) is 10.8. The largest absolute Gasteiger partial charge is 0.335 e. The van der Waals surface area contributed by atoms with E-state index in [4.69, 9.17) is 0 Å². The fourth-order valence-corrected chi connectivity index (χ4v) is 4.71. The van der Waals surface area contributed by atoms with Crippen molar-refractivity contribution in [2.24, 2.45) is 11.8 Å². The lowest BCUT2D eigenvalue weighted by Gasteiger charge is -2.26. The number of hydrogen-bond acceptors (Lipinski definition) is 2. The zero-order chi connectivity index (χ0) is 18.3. The Bertz CT molecular complexity index is 812. The molecule has 3 unspecified atom stereocenters. The van der Waals surface area contributed by atoms with Gasteiger partial charge in [-0.05, 0) is 68.7 Å². The van der Waals surface area contributed by atoms with Crippen molar-refractivity contribution in [1.29, 1.82) is 0 Å². The van der Waals surface area contributed by atoms with Gasteiger partial charge in [-0.15, -0.1) is 0 Å². The third kappa shape index (κ3) is 3.35. The SMILES string of the molecule is Cc1cc(C)n(-c2cccc(CN(C)C(=O)NC3CC4CCC3C4)c2)n1. The summed E-state index contributed by atoms with van der Waals surface area (Å²) in [6.45, 7) is 4.66. The maximum Gasteiger partial charge on any atom is 0.317 e. The molecule has 1 N–H and O–H groups in total. The number of aryl methyl sites for hydroxylation is 2. The number of nitrogens with zero attached hydrogens (tertiary/aromatic N) is 3. The Morgan fingerprint density at radius 2 is 2.12 bits per heavy atom. The van der Waals surface area contributed by atoms with Crippen molar-refractivity contribution in [3.8, 4) is 5.69 Å². The molecule has 1 aromatic heterocycles. The van der Waals surface area contributed by atoms with E-state index in [9.17, 15) is 4.79 Å². The molecule has 0 aliphatic heterocycles. The van der Waals surface area contributed by atoms with E-state index < -0.39 is 0 Å². The molecule has 4 rings (SSSR count). The molecule has 1 heterocycles. The third-order valence-corrected chi connectivity index (χ3v) is 5.98. The molecule has 2 saturated carbocycles. The first-order valence-corrected chi connectivity index (χ1v) is 9.64. The van der Waals surface area contributed by atoms with Crippen LogP contribution in [0.5, 0.6) is 0 Å². The molecule has 2 aromatic rings. The summed E-state index contributed by atoms with van der Waals surface area (Å²) in [5.41, 5.74) is 4.27. The van der Waals surface area contributed by atoms with Crippen LogP contribution in [0.3, 0.4) is 0 Å². The summed E-state index contributed by atoms with van der Waals surface area (Å²) in [4.78, 5) is 14.4. The van der Waals surface area contributed by atoms with Gasteiger partial charge in [-0.3, -0.25) is 0 Å². The van der Waals surface area contributed by atoms with Crippen molar-refractivity contribution in [3.05, 3.63) is 47.3 Å². The summed E-state index contributed by atoms with van der Waals surface area (Å²) >= 11 is 0. The van der Waals surface area contributed by atoms with Gasteiger partial charge in [0.15, 0.2) is 0 Å². The van der Waals surface area contributed by atoms with Crippen molar-refractivity contribution in [1.82, 2.24) is 20.0 Å². The highest BCUT2D eigenvalue weighted by Gasteiger charge is 2.40. The Kier molecular flexibility index (Phi) is 4.47. The molecule has 2 fully saturated rings. The molecular weight excluding hydrogens is 324 g/mol. The molecule has 26 heavy (non-hydrogen) atoms. The second kappa shape index (κ2) is 6.78. The Morgan fingerprint density at radius 1 is 1.27 bits per heavy atom. The molecule has 5 heteroatoms. The smallest absolute Gasteiger partial charge is 0.317 e. The minimum Gasteiger partial charge on any atom is -0.335 e. The lowest BCUT2D eigenvalue weighted by atomic mass is 9.95. The highest BCUT2D eigenvalue weighted by molar-refractivity contribution is 5.74. The Balaban J connectivity index is 1.41. The van der Waals surface area contributed by atoms with Gasteiger partial charge in [0.05, 0.1) is 11.4 Å². The van der Waals surface area contributed by atoms with Gasteiger partial charge in [-0.1, -0.05) is 18.6 Å². The fourth-order valence-electron chi connectivity index (χ4n) is 4.71. The predicted octanol–water partition coefficient (Wildman–Crippen LogP) is 3.82. The number of amides is 2. The summed E-state index contributed by atoms with van der Waals surface area (Å²) in [5, 5.41) is 7.81. The molecule has 3 atom stereocenters. The number of carbonyl (C=O) groups excluding carboxylic acids is 1. The van der Waals surface area contributed by atoms with Crippen molar-refractivity contribution in [2.75, 3.05) is 7.05 Å². The Hall–Kier alpha value is -2.30. The Labute approximate surface area is 155 Å². The van der Waals surface area contributed by atoms with Crippen LogP contribution < -0.4 is 5.32 Å². The molecule has 0 radical (unpaired) electrons. The van der Waals surface area contributed by atoms with Gasteiger partial charge in [0.25, 0.3) is 0 Å². The van der Waals surface area contributed by atoms with Crippen molar-refractivity contribution in [2.45, 2.75) is 52.1 Å². The zero-order valence-electron chi connectivity index (χ0n) is 15.9. The highest BCUT2D eigenvalue weighted by atomic mass is 16.2. The standard InChI is InChI=1S/C21H28N4O/c1-14-9-15(2)25(23-14)19-6-4-5-17(11-19)13-24(3)21(26)22-20-12-16-7-8-18(20)10-16/h4-6,9,11,16,18,20H,7-8,10,12-13H2,1-3H3,(H,22,26). The summed E-state index contributed by atoms with van der Waals surface area (Å²) < 4.78 is 1.95. The van der Waals surface area contributed by atoms with Crippen LogP contribution in [0, 0.1) is 25.7 Å². The topological polar surface area (TPSA) is 50.2 Å². The lowest BCUT2D eigenvalue weighted by Crippen LogP contribution is -2.44. The number of rotatable bonds is 4. The van der Waals surface area contributed by atoms with Crippen LogP contribution in [0.1, 0.15) is 42.6 Å². The number of aromatic nitrogens is 2. The quantitative estimate of drug-likeness (QED) is 0.909. The van der Waals surface area contributed by atoms with Gasteiger partial charge in [-0.25, -0.2) is 9.48 Å². The van der Waals surface area contributed by atoms with E-state index in [1.807, 2.05) is 24.7 Å². The van der Waals surface area contributed by atoms with Crippen LogP contribution >= 0.6 is 0 Å². The second-order valence-corrected chi connectivity index (χ2v) is 8.10. The van der Waals surface area contributed by atoms with E-state index in [2.05, 4.69) is 41.6 Å². The molecular formula is C21H28N4O. The van der Waals surface area contributed by atoms with Crippen LogP contribution in [0.4, 0.5) is 4.79 Å². The molecule has 0 spiro atoms. The maximum atomic E-state index is 12.6. The monoisotopic (exact) mass is 352 g/mol. The van der Waals surface area contributed by atoms with Gasteiger partial charge >= 0.3 is 6.03 Å². The average Bonchev–Trinajstić information content (AvgIpc) is 3.30. The number of urea groups is 1. The van der Waals surface area contributed by atoms with E-state index in [1.54, 1.807) is 4.90 Å². The number of hydrogen-bond donors (Lipinski definition) is 1. The van der Waals surface area contributed by atoms with Gasteiger partial charge in [0, 0.05) is 25.3 Å². The van der Waals surface area contributed by atoms with E-state index in [0.29, 0.717) is 18.5 Å². The first kappa shape index (κ1) is 17.1. The van der Waals surface area contributed by atoms with E-state index >= 15 is 0 Å². The highest BCUT2D eigenvalue weighted by Crippen LogP contribution is 2.44. The number of fused-ring (bicyclic) bond motifs is 2. The third-order valence-electron chi connectivity index (χ3n) is 5.98. The van der Waals surface area contributed by atoms with Crippen LogP contribution in [0.25, 0.3) is 5.69 Å². The van der Waals surface area contributed by atoms with Gasteiger partial charge in [0.2, 0.25) is 0 Å². The molecule has 2 bridgehead atoms. The number of nitrogens with one attached hydrogen (secondary N) is 1. The molecule has 2 aliphatic rings. The molecule has 0 saturated heterocycles. The minimum absolute atomic E-state index is 0.0408. The summed E-state index contributed by atoms with van der Waals surface area (Å²) in [6.07, 6.45) is 5.10. The average molecular weight is 352 g/mol. The van der Waals surface area contributed by atoms with E-state index in [-0.39, 0.29) is 6.03 Å². The van der Waals surface area contributed by atoms with Crippen molar-refractivity contribution < 1.29 is 4.79 Å². The summed E-state index contributed by atoms with van der Waals surface area (Å²) in [7, 11) is 1.87. The second-order valence-electron chi connectivity index (χ2n) is 8.10. The van der Waals surface area contributed by atoms with E-state index in [0.717, 1.165) is 35.0 Å². The van der Waals surface area contributed by atoms with Gasteiger partial charge in [-0.2, -0.15) is 5.10 Å². The van der Waals surface area contributed by atoms with Crippen molar-refractivity contribution in [3.63, 3.8) is 0 Å². The molecule has 2 aliphatic carbocycles. The zero-order valence-corrected chi connectivity index (χ0v) is 15.9. The predicted molar refractivity (Wildman–Crippen MR) is 102 cm³/mol. The Morgan fingerprint density at radius 3 is 2.77 bits per heavy atom.